The van der Waals surface area contributed by atoms with E-state index in [0.717, 1.165) is 4.88 Å². The lowest BCUT2D eigenvalue weighted by atomic mass is 9.86. The van der Waals surface area contributed by atoms with E-state index in [1.807, 2.05) is 6.07 Å². The predicted molar refractivity (Wildman–Crippen MR) is 122 cm³/mol. The molecule has 160 valence electrons. The van der Waals surface area contributed by atoms with Crippen LogP contribution in [-0.4, -0.2) is 38.2 Å². The Morgan fingerprint density at radius 1 is 1.30 bits per heavy atom. The van der Waals surface area contributed by atoms with Crippen molar-refractivity contribution in [2.75, 3.05) is 19.4 Å². The molecule has 1 aromatic carbocycles. The van der Waals surface area contributed by atoms with Crippen LogP contribution in [0.4, 0.5) is 11.5 Å². The zero-order chi connectivity index (χ0) is 22.1. The number of hydrogen-bond donors (Lipinski definition) is 2. The maximum absolute atomic E-state index is 12.2. The summed E-state index contributed by atoms with van der Waals surface area (Å²) in [5.74, 6) is 0.300. The standard InChI is InChI=1S/C21H27N5O2S2/c1-13-10-11-16(29-13)17(21(2,3)4)23-19-18(24-30(28)25-19)22-15-9-7-8-14(12-15)20(27)26(5)6/h7-12,17H,1-6H3,(H,22,24)(H,23,25)/t17-,30?/m0/s1. The molecule has 2 atom stereocenters. The van der Waals surface area contributed by atoms with Gasteiger partial charge in [0.05, 0.1) is 6.04 Å². The summed E-state index contributed by atoms with van der Waals surface area (Å²) in [6, 6.07) is 11.2. The van der Waals surface area contributed by atoms with E-state index in [2.05, 4.69) is 53.9 Å². The first-order valence-corrected chi connectivity index (χ1v) is 11.5. The highest BCUT2D eigenvalue weighted by molar-refractivity contribution is 7.14. The zero-order valence-corrected chi connectivity index (χ0v) is 19.6. The number of nitrogens with one attached hydrogen (secondary N) is 2. The molecule has 0 aliphatic carbocycles. The van der Waals surface area contributed by atoms with Crippen LogP contribution in [0.1, 0.15) is 46.9 Å². The highest BCUT2D eigenvalue weighted by atomic mass is 32.2. The van der Waals surface area contributed by atoms with Crippen molar-refractivity contribution in [3.8, 4) is 0 Å². The van der Waals surface area contributed by atoms with E-state index >= 15 is 0 Å². The van der Waals surface area contributed by atoms with Gasteiger partial charge < -0.3 is 14.8 Å². The molecule has 0 fully saturated rings. The molecule has 2 heterocycles. The number of thiophene rings is 1. The summed E-state index contributed by atoms with van der Waals surface area (Å²) in [6.45, 7) is 8.45. The van der Waals surface area contributed by atoms with Crippen LogP contribution in [-0.2, 0) is 0 Å². The minimum absolute atomic E-state index is 0.0940. The van der Waals surface area contributed by atoms with Gasteiger partial charge >= 0.3 is 0 Å². The van der Waals surface area contributed by atoms with Gasteiger partial charge in [-0.3, -0.25) is 9.79 Å². The number of benzene rings is 1. The van der Waals surface area contributed by atoms with E-state index in [1.165, 1.54) is 9.78 Å². The maximum Gasteiger partial charge on any atom is 0.253 e. The summed E-state index contributed by atoms with van der Waals surface area (Å²) in [5.41, 5.74) is 1.54. The Hall–Kier alpha value is -2.49. The fourth-order valence-electron chi connectivity index (χ4n) is 2.99. The van der Waals surface area contributed by atoms with Gasteiger partial charge in [-0.2, -0.15) is 0 Å². The van der Waals surface area contributed by atoms with Crippen LogP contribution >= 0.6 is 22.5 Å². The molecule has 0 aliphatic rings. The Labute approximate surface area is 183 Å². The van der Waals surface area contributed by atoms with Crippen molar-refractivity contribution < 1.29 is 9.35 Å². The number of amides is 1. The summed E-state index contributed by atoms with van der Waals surface area (Å²) in [7, 11) is 3.42. The lowest BCUT2D eigenvalue weighted by molar-refractivity contribution is 0.0827. The second kappa shape index (κ2) is 8.71. The fourth-order valence-corrected chi connectivity index (χ4v) is 4.81. The van der Waals surface area contributed by atoms with Crippen LogP contribution in [0.15, 0.2) is 41.4 Å². The molecule has 2 N–H and O–H groups in total. The number of carbonyl (C=O) groups excluding carboxylic acids is 1. The van der Waals surface area contributed by atoms with Crippen molar-refractivity contribution in [3.63, 3.8) is 0 Å². The molecule has 1 amide bonds. The number of nitrogens with zero attached hydrogens (tertiary/aromatic N) is 3. The van der Waals surface area contributed by atoms with E-state index in [-0.39, 0.29) is 17.4 Å². The molecule has 3 aromatic rings. The summed E-state index contributed by atoms with van der Waals surface area (Å²) in [5, 5.41) is 3.17. The molecule has 0 aliphatic heterocycles. The Morgan fingerprint density at radius 2 is 2.03 bits per heavy atom. The second-order valence-corrected chi connectivity index (χ2v) is 10.6. The highest BCUT2D eigenvalue weighted by Crippen LogP contribution is 2.39. The van der Waals surface area contributed by atoms with Crippen molar-refractivity contribution >= 4 is 39.9 Å². The third kappa shape index (κ3) is 5.16. The monoisotopic (exact) mass is 445 g/mol. The minimum atomic E-state index is -1.60. The van der Waals surface area contributed by atoms with Gasteiger partial charge in [-0.05, 0) is 42.7 Å². The van der Waals surface area contributed by atoms with Crippen LogP contribution in [0.2, 0.25) is 0 Å². The number of aromatic nitrogens is 2. The van der Waals surface area contributed by atoms with Crippen molar-refractivity contribution in [2.45, 2.75) is 33.7 Å². The largest absolute Gasteiger partial charge is 0.548 e. The second-order valence-electron chi connectivity index (χ2n) is 8.39. The Balaban J connectivity index is 2.00. The minimum Gasteiger partial charge on any atom is -0.548 e. The Morgan fingerprint density at radius 3 is 2.63 bits per heavy atom. The van der Waals surface area contributed by atoms with Crippen LogP contribution in [0.5, 0.6) is 0 Å². The number of carbonyl (C=O) groups is 1. The molecular weight excluding hydrogens is 418 g/mol. The topological polar surface area (TPSA) is 96.4 Å². The predicted octanol–water partition coefficient (Wildman–Crippen LogP) is 4.64. The van der Waals surface area contributed by atoms with Gasteiger partial charge in [-0.1, -0.05) is 26.8 Å². The number of H-pyrrole nitrogens is 1. The number of anilines is 2. The molecule has 0 saturated carbocycles. The molecule has 3 rings (SSSR count). The molecule has 30 heavy (non-hydrogen) atoms. The summed E-state index contributed by atoms with van der Waals surface area (Å²) in [6.07, 6.45) is 0. The smallest absolute Gasteiger partial charge is 0.253 e. The van der Waals surface area contributed by atoms with Crippen LogP contribution < -0.4 is 10.8 Å². The van der Waals surface area contributed by atoms with E-state index in [4.69, 9.17) is 4.99 Å². The molecule has 0 spiro atoms. The first kappa shape index (κ1) is 22.2. The van der Waals surface area contributed by atoms with E-state index < -0.39 is 11.1 Å². The van der Waals surface area contributed by atoms with Gasteiger partial charge in [0.25, 0.3) is 5.91 Å². The first-order chi connectivity index (χ1) is 14.0. The Bertz CT molecular complexity index is 1110. The van der Waals surface area contributed by atoms with Gasteiger partial charge in [0, 0.05) is 39.5 Å². The summed E-state index contributed by atoms with van der Waals surface area (Å²) in [4.78, 5) is 21.0. The number of hydrogen-bond acceptors (Lipinski definition) is 6. The van der Waals surface area contributed by atoms with Gasteiger partial charge in [0.2, 0.25) is 11.3 Å². The normalized spacial score (nSPS) is 14.0. The molecule has 1 unspecified atom stereocenters. The average molecular weight is 446 g/mol. The highest BCUT2D eigenvalue weighted by Gasteiger charge is 2.28. The molecule has 7 nitrogen and oxygen atoms in total. The van der Waals surface area contributed by atoms with E-state index in [0.29, 0.717) is 22.6 Å². The SMILES string of the molecule is Cc1ccc([C@H](N=c2[nH][s+]([O-])nc2Nc2cccc(C(=O)N(C)C)c2)C(C)(C)C)s1. The van der Waals surface area contributed by atoms with Crippen LogP contribution in [0.25, 0.3) is 0 Å². The van der Waals surface area contributed by atoms with Gasteiger partial charge in [-0.25, -0.2) is 0 Å². The molecule has 0 radical (unpaired) electrons. The maximum atomic E-state index is 12.2. The van der Waals surface area contributed by atoms with Crippen molar-refractivity contribution in [1.29, 1.82) is 0 Å². The quantitative estimate of drug-likeness (QED) is 0.559. The van der Waals surface area contributed by atoms with Crippen LogP contribution in [0, 0.1) is 12.3 Å². The van der Waals surface area contributed by atoms with Crippen LogP contribution in [0.3, 0.4) is 0 Å². The van der Waals surface area contributed by atoms with Gasteiger partial charge in [0.1, 0.15) is 0 Å². The average Bonchev–Trinajstić information content (AvgIpc) is 3.23. The third-order valence-electron chi connectivity index (χ3n) is 4.47. The van der Waals surface area contributed by atoms with E-state index in [1.54, 1.807) is 43.6 Å². The molecule has 0 saturated heterocycles. The molecule has 2 aromatic heterocycles. The number of aryl methyl sites for hydroxylation is 1. The number of rotatable bonds is 5. The van der Waals surface area contributed by atoms with Gasteiger partial charge in [0.15, 0.2) is 11.1 Å². The first-order valence-electron chi connectivity index (χ1n) is 9.55. The van der Waals surface area contributed by atoms with E-state index in [9.17, 15) is 9.35 Å². The molecule has 0 bridgehead atoms. The van der Waals surface area contributed by atoms with Crippen molar-refractivity contribution in [2.24, 2.45) is 10.4 Å². The lowest BCUT2D eigenvalue weighted by Gasteiger charge is -2.26. The summed E-state index contributed by atoms with van der Waals surface area (Å²) < 4.78 is 19.1. The fraction of sp³-hybridized carbons (Fsp3) is 0.381. The third-order valence-corrected chi connectivity index (χ3v) is 6.24. The lowest BCUT2D eigenvalue weighted by Crippen LogP contribution is -2.22. The number of aromatic amines is 1. The molecule has 9 heteroatoms. The summed E-state index contributed by atoms with van der Waals surface area (Å²) >= 11 is 0.107. The molecular formula is C21H27N5O2S2. The van der Waals surface area contributed by atoms with Crippen molar-refractivity contribution in [3.05, 3.63) is 57.2 Å². The Kier molecular flexibility index (Phi) is 6.44. The van der Waals surface area contributed by atoms with Crippen molar-refractivity contribution in [1.82, 2.24) is 13.6 Å². The zero-order valence-electron chi connectivity index (χ0n) is 18.0. The van der Waals surface area contributed by atoms with Gasteiger partial charge in [-0.15, -0.1) is 15.7 Å².